The minimum atomic E-state index is -0.625. The molecule has 32 heavy (non-hydrogen) atoms. The number of nitrogens with zero attached hydrogens (tertiary/aromatic N) is 1. The van der Waals surface area contributed by atoms with Gasteiger partial charge in [0.25, 0.3) is 11.8 Å². The van der Waals surface area contributed by atoms with Crippen LogP contribution in [0.2, 0.25) is 0 Å². The summed E-state index contributed by atoms with van der Waals surface area (Å²) in [4.78, 5) is 38.9. The van der Waals surface area contributed by atoms with Gasteiger partial charge in [-0.15, -0.1) is 0 Å². The lowest BCUT2D eigenvalue weighted by molar-refractivity contribution is -0.151. The van der Waals surface area contributed by atoms with Crippen LogP contribution in [0.4, 0.5) is 0 Å². The molecule has 1 heterocycles. The molecule has 2 atom stereocenters. The maximum Gasteiger partial charge on any atom is 0.325 e. The third-order valence-corrected chi connectivity index (χ3v) is 6.37. The van der Waals surface area contributed by atoms with E-state index < -0.39 is 5.97 Å². The van der Waals surface area contributed by atoms with Crippen LogP contribution in [-0.4, -0.2) is 55.0 Å². The number of fused-ring (bicyclic) bond motifs is 2. The number of nitrogens with one attached hydrogen (secondary N) is 1. The molecular weight excluding hydrogens is 408 g/mol. The number of unbranched alkanes of at least 4 members (excludes halogenated alkanes) is 1. The van der Waals surface area contributed by atoms with Gasteiger partial charge in [0.2, 0.25) is 0 Å². The second kappa shape index (κ2) is 9.92. The van der Waals surface area contributed by atoms with Crippen LogP contribution >= 0.6 is 0 Å². The monoisotopic (exact) mass is 444 g/mol. The predicted molar refractivity (Wildman–Crippen MR) is 121 cm³/mol. The molecule has 2 fully saturated rings. The summed E-state index contributed by atoms with van der Waals surface area (Å²) in [7, 11) is 0. The average Bonchev–Trinajstić information content (AvgIpc) is 2.99. The van der Waals surface area contributed by atoms with E-state index in [-0.39, 0.29) is 41.8 Å². The fraction of sp³-hybridized carbons (Fsp3) is 0.640. The second-order valence-electron chi connectivity index (χ2n) is 10.3. The zero-order chi connectivity index (χ0) is 23.4. The van der Waals surface area contributed by atoms with Crippen molar-refractivity contribution < 1.29 is 23.9 Å². The molecule has 7 nitrogen and oxygen atoms in total. The number of carbonyl (C=O) groups is 3. The first kappa shape index (κ1) is 24.1. The highest BCUT2D eigenvalue weighted by Crippen LogP contribution is 2.52. The Bertz CT molecular complexity index is 835. The summed E-state index contributed by atoms with van der Waals surface area (Å²) in [5.74, 6) is -0.455. The minimum Gasteiger partial charge on any atom is -0.494 e. The molecule has 0 radical (unpaired) electrons. The molecule has 7 heteroatoms. The maximum atomic E-state index is 12.7. The molecule has 1 aromatic carbocycles. The first-order valence-electron chi connectivity index (χ1n) is 11.6. The standard InChI is InChI=1S/C25H36N2O5/c1-5-6-11-31-20-9-7-18(8-10-20)23(30)26-14-22(29)32-15-21(28)27-17-25(4)13-19(27)12-24(2,3)16-25/h7-10,19H,5-6,11-17H2,1-4H3,(H,26,30)/t19-,25-/m1/s1. The molecule has 1 N–H and O–H groups in total. The van der Waals surface area contributed by atoms with Gasteiger partial charge in [0, 0.05) is 18.2 Å². The molecule has 1 aliphatic heterocycles. The van der Waals surface area contributed by atoms with Gasteiger partial charge < -0.3 is 19.7 Å². The van der Waals surface area contributed by atoms with Crippen LogP contribution in [0.3, 0.4) is 0 Å². The van der Waals surface area contributed by atoms with Crippen molar-refractivity contribution in [2.45, 2.75) is 65.8 Å². The van der Waals surface area contributed by atoms with Crippen molar-refractivity contribution in [3.63, 3.8) is 0 Å². The summed E-state index contributed by atoms with van der Waals surface area (Å²) < 4.78 is 10.7. The molecule has 176 valence electrons. The van der Waals surface area contributed by atoms with Crippen LogP contribution in [0.1, 0.15) is 70.2 Å². The van der Waals surface area contributed by atoms with Crippen LogP contribution in [0, 0.1) is 10.8 Å². The molecule has 1 saturated carbocycles. The Morgan fingerprint density at radius 1 is 1.12 bits per heavy atom. The lowest BCUT2D eigenvalue weighted by Gasteiger charge is -2.39. The molecule has 1 aromatic rings. The van der Waals surface area contributed by atoms with E-state index >= 15 is 0 Å². The number of benzene rings is 1. The SMILES string of the molecule is CCCCOc1ccc(C(=O)NCC(=O)OCC(=O)N2C[C@]3(C)C[C@H]2CC(C)(C)C3)cc1. The Morgan fingerprint density at radius 2 is 1.84 bits per heavy atom. The van der Waals surface area contributed by atoms with Gasteiger partial charge in [-0.2, -0.15) is 0 Å². The molecule has 1 saturated heterocycles. The quantitative estimate of drug-likeness (QED) is 0.465. The Morgan fingerprint density at radius 3 is 2.53 bits per heavy atom. The van der Waals surface area contributed by atoms with Crippen molar-refractivity contribution in [3.8, 4) is 5.75 Å². The summed E-state index contributed by atoms with van der Waals surface area (Å²) in [5.41, 5.74) is 0.779. The van der Waals surface area contributed by atoms with Gasteiger partial charge in [0.05, 0.1) is 6.61 Å². The van der Waals surface area contributed by atoms with Gasteiger partial charge in [-0.3, -0.25) is 14.4 Å². The molecule has 0 aromatic heterocycles. The number of rotatable bonds is 9. The Labute approximate surface area is 190 Å². The number of hydrogen-bond donors (Lipinski definition) is 1. The van der Waals surface area contributed by atoms with Crippen LogP contribution in [0.25, 0.3) is 0 Å². The van der Waals surface area contributed by atoms with E-state index in [1.807, 2.05) is 4.90 Å². The Balaban J connectivity index is 1.40. The van der Waals surface area contributed by atoms with Crippen LogP contribution in [-0.2, 0) is 14.3 Å². The van der Waals surface area contributed by atoms with Gasteiger partial charge in [0.15, 0.2) is 6.61 Å². The van der Waals surface area contributed by atoms with Crippen LogP contribution < -0.4 is 10.1 Å². The third kappa shape index (κ3) is 6.24. The van der Waals surface area contributed by atoms with Crippen molar-refractivity contribution in [3.05, 3.63) is 29.8 Å². The van der Waals surface area contributed by atoms with Gasteiger partial charge in [-0.25, -0.2) is 0 Å². The van der Waals surface area contributed by atoms with Crippen molar-refractivity contribution in [2.75, 3.05) is 26.3 Å². The summed E-state index contributed by atoms with van der Waals surface area (Å²) in [5, 5.41) is 2.54. The van der Waals surface area contributed by atoms with Gasteiger partial charge >= 0.3 is 5.97 Å². The minimum absolute atomic E-state index is 0.136. The Hall–Kier alpha value is -2.57. The number of hydrogen-bond acceptors (Lipinski definition) is 5. The maximum absolute atomic E-state index is 12.7. The highest BCUT2D eigenvalue weighted by Gasteiger charge is 2.50. The van der Waals surface area contributed by atoms with E-state index in [1.54, 1.807) is 24.3 Å². The topological polar surface area (TPSA) is 84.9 Å². The lowest BCUT2D eigenvalue weighted by atomic mass is 9.65. The van der Waals surface area contributed by atoms with Crippen molar-refractivity contribution in [1.29, 1.82) is 0 Å². The molecule has 1 aliphatic carbocycles. The van der Waals surface area contributed by atoms with E-state index in [4.69, 9.17) is 9.47 Å². The zero-order valence-corrected chi connectivity index (χ0v) is 19.7. The molecule has 0 spiro atoms. The van der Waals surface area contributed by atoms with E-state index in [0.717, 1.165) is 32.1 Å². The fourth-order valence-electron chi connectivity index (χ4n) is 5.32. The summed E-state index contributed by atoms with van der Waals surface area (Å²) in [6.45, 7) is 9.62. The van der Waals surface area contributed by atoms with Gasteiger partial charge in [-0.05, 0) is 60.8 Å². The van der Waals surface area contributed by atoms with Crippen molar-refractivity contribution >= 4 is 17.8 Å². The normalized spacial score (nSPS) is 23.5. The van der Waals surface area contributed by atoms with E-state index in [1.165, 1.54) is 0 Å². The molecule has 3 rings (SSSR count). The third-order valence-electron chi connectivity index (χ3n) is 6.37. The highest BCUT2D eigenvalue weighted by molar-refractivity contribution is 5.96. The number of likely N-dealkylation sites (tertiary alicyclic amines) is 1. The molecule has 0 unspecified atom stereocenters. The van der Waals surface area contributed by atoms with E-state index in [0.29, 0.717) is 24.5 Å². The van der Waals surface area contributed by atoms with Crippen molar-refractivity contribution in [2.24, 2.45) is 10.8 Å². The number of esters is 1. The lowest BCUT2D eigenvalue weighted by Crippen LogP contribution is -2.40. The fourth-order valence-corrected chi connectivity index (χ4v) is 5.32. The number of ether oxygens (including phenoxy) is 2. The molecule has 2 amide bonds. The van der Waals surface area contributed by atoms with Crippen molar-refractivity contribution in [1.82, 2.24) is 10.2 Å². The van der Waals surface area contributed by atoms with Crippen LogP contribution in [0.15, 0.2) is 24.3 Å². The second-order valence-corrected chi connectivity index (χ2v) is 10.3. The Kier molecular flexibility index (Phi) is 7.47. The summed E-state index contributed by atoms with van der Waals surface area (Å²) in [6, 6.07) is 6.98. The number of carbonyl (C=O) groups excluding carboxylic acids is 3. The average molecular weight is 445 g/mol. The first-order valence-corrected chi connectivity index (χ1v) is 11.6. The molecule has 2 bridgehead atoms. The number of amides is 2. The zero-order valence-electron chi connectivity index (χ0n) is 19.7. The highest BCUT2D eigenvalue weighted by atomic mass is 16.5. The first-order chi connectivity index (χ1) is 15.1. The van der Waals surface area contributed by atoms with E-state index in [2.05, 4.69) is 33.0 Å². The largest absolute Gasteiger partial charge is 0.494 e. The predicted octanol–water partition coefficient (Wildman–Crippen LogP) is 3.57. The van der Waals surface area contributed by atoms with E-state index in [9.17, 15) is 14.4 Å². The van der Waals surface area contributed by atoms with Gasteiger partial charge in [0.1, 0.15) is 12.3 Å². The smallest absolute Gasteiger partial charge is 0.325 e. The summed E-state index contributed by atoms with van der Waals surface area (Å²) >= 11 is 0. The molecule has 2 aliphatic rings. The van der Waals surface area contributed by atoms with Gasteiger partial charge in [-0.1, -0.05) is 34.1 Å². The summed E-state index contributed by atoms with van der Waals surface area (Å²) in [6.07, 6.45) is 5.11. The molecular formula is C25H36N2O5. The van der Waals surface area contributed by atoms with Crippen LogP contribution in [0.5, 0.6) is 5.75 Å².